The Hall–Kier alpha value is -2.57. The van der Waals surface area contributed by atoms with Gasteiger partial charge in [-0.25, -0.2) is 0 Å². The molecule has 1 aromatic carbocycles. The molecule has 1 fully saturated rings. The highest BCUT2D eigenvalue weighted by molar-refractivity contribution is 6.31. The van der Waals surface area contributed by atoms with Crippen LogP contribution in [0.25, 0.3) is 11.0 Å². The molecule has 0 radical (unpaired) electrons. The van der Waals surface area contributed by atoms with Crippen molar-refractivity contribution >= 4 is 28.5 Å². The van der Waals surface area contributed by atoms with Crippen LogP contribution in [0.2, 0.25) is 5.02 Å². The Labute approximate surface area is 173 Å². The Bertz CT molecular complexity index is 1080. The normalized spacial score (nSPS) is 16.1. The Balaban J connectivity index is 1.54. The van der Waals surface area contributed by atoms with Crippen LogP contribution in [0.4, 0.5) is 0 Å². The smallest absolute Gasteiger partial charge is 0.287 e. The number of hydrogen-bond acceptors (Lipinski definition) is 5. The molecule has 0 bridgehead atoms. The minimum atomic E-state index is -0.427. The number of nitrogens with zero attached hydrogens (tertiary/aromatic N) is 1. The van der Waals surface area contributed by atoms with E-state index < -0.39 is 5.91 Å². The fourth-order valence-electron chi connectivity index (χ4n) is 3.79. The number of furan rings is 1. The highest BCUT2D eigenvalue weighted by Crippen LogP contribution is 2.26. The molecule has 4 rings (SSSR count). The Morgan fingerprint density at radius 1 is 1.14 bits per heavy atom. The molecule has 1 aliphatic heterocycles. The van der Waals surface area contributed by atoms with Crippen molar-refractivity contribution in [1.29, 1.82) is 0 Å². The van der Waals surface area contributed by atoms with E-state index >= 15 is 0 Å². The number of halogens is 1. The van der Waals surface area contributed by atoms with Crippen LogP contribution in [0.5, 0.6) is 0 Å². The number of rotatable bonds is 5. The lowest BCUT2D eigenvalue weighted by Crippen LogP contribution is -2.40. The van der Waals surface area contributed by atoms with Gasteiger partial charge in [0.1, 0.15) is 17.1 Å². The maximum atomic E-state index is 12.7. The molecule has 0 spiro atoms. The van der Waals surface area contributed by atoms with E-state index in [9.17, 15) is 9.59 Å². The van der Waals surface area contributed by atoms with Crippen LogP contribution in [-0.4, -0.2) is 30.4 Å². The number of nitrogens with one attached hydrogen (secondary N) is 1. The van der Waals surface area contributed by atoms with Crippen LogP contribution in [-0.2, 0) is 0 Å². The third-order valence-corrected chi connectivity index (χ3v) is 5.53. The fraction of sp³-hybridized carbons (Fsp3) is 0.364. The molecule has 1 atom stereocenters. The molecule has 152 valence electrons. The summed E-state index contributed by atoms with van der Waals surface area (Å²) in [6, 6.07) is 9.80. The van der Waals surface area contributed by atoms with E-state index in [1.165, 1.54) is 18.6 Å². The summed E-state index contributed by atoms with van der Waals surface area (Å²) in [5.41, 5.74) is 0.0365. The van der Waals surface area contributed by atoms with Gasteiger partial charge in [0, 0.05) is 17.6 Å². The van der Waals surface area contributed by atoms with Crippen molar-refractivity contribution in [2.75, 3.05) is 19.6 Å². The van der Waals surface area contributed by atoms with Crippen LogP contribution >= 0.6 is 11.6 Å². The predicted molar refractivity (Wildman–Crippen MR) is 111 cm³/mol. The van der Waals surface area contributed by atoms with Gasteiger partial charge >= 0.3 is 0 Å². The van der Waals surface area contributed by atoms with E-state index in [0.29, 0.717) is 22.5 Å². The van der Waals surface area contributed by atoms with Crippen molar-refractivity contribution in [3.05, 3.63) is 68.9 Å². The zero-order chi connectivity index (χ0) is 20.4. The zero-order valence-electron chi connectivity index (χ0n) is 16.2. The van der Waals surface area contributed by atoms with Crippen molar-refractivity contribution in [2.45, 2.75) is 32.2 Å². The van der Waals surface area contributed by atoms with E-state index in [4.69, 9.17) is 20.4 Å². The average Bonchev–Trinajstić information content (AvgIpc) is 3.15. The molecule has 1 amide bonds. The van der Waals surface area contributed by atoms with E-state index in [0.717, 1.165) is 37.5 Å². The molecule has 7 heteroatoms. The molecule has 1 saturated heterocycles. The predicted octanol–water partition coefficient (Wildman–Crippen LogP) is 4.30. The second kappa shape index (κ2) is 8.43. The molecule has 29 heavy (non-hydrogen) atoms. The molecule has 3 aromatic rings. The number of carbonyl (C=O) groups excluding carboxylic acids is 1. The van der Waals surface area contributed by atoms with E-state index in [1.807, 2.05) is 19.1 Å². The highest BCUT2D eigenvalue weighted by atomic mass is 35.5. The molecule has 6 nitrogen and oxygen atoms in total. The van der Waals surface area contributed by atoms with Crippen LogP contribution in [0.15, 0.2) is 50.0 Å². The maximum Gasteiger partial charge on any atom is 0.287 e. The number of amides is 1. The lowest BCUT2D eigenvalue weighted by atomic mass is 10.1. The van der Waals surface area contributed by atoms with Crippen LogP contribution in [0.1, 0.15) is 47.4 Å². The highest BCUT2D eigenvalue weighted by Gasteiger charge is 2.26. The molecular formula is C22H23ClN2O4. The van der Waals surface area contributed by atoms with Gasteiger partial charge in [-0.15, -0.1) is 0 Å². The van der Waals surface area contributed by atoms with E-state index in [-0.39, 0.29) is 17.2 Å². The topological polar surface area (TPSA) is 75.7 Å². The molecule has 2 aromatic heterocycles. The molecule has 1 N–H and O–H groups in total. The van der Waals surface area contributed by atoms with Gasteiger partial charge in [0.15, 0.2) is 11.2 Å². The van der Waals surface area contributed by atoms with Gasteiger partial charge in [0.05, 0.1) is 11.4 Å². The van der Waals surface area contributed by atoms with Crippen LogP contribution in [0.3, 0.4) is 0 Å². The number of carbonyl (C=O) groups is 1. The number of aryl methyl sites for hydroxylation is 1. The number of fused-ring (bicyclic) bond motifs is 1. The van der Waals surface area contributed by atoms with E-state index in [2.05, 4.69) is 10.2 Å². The number of likely N-dealkylation sites (tertiary alicyclic amines) is 1. The molecular weight excluding hydrogens is 392 g/mol. The number of benzene rings is 1. The Kier molecular flexibility index (Phi) is 5.74. The van der Waals surface area contributed by atoms with Gasteiger partial charge < -0.3 is 14.2 Å². The van der Waals surface area contributed by atoms with Gasteiger partial charge in [-0.05, 0) is 63.2 Å². The SMILES string of the molecule is Cc1ccc(C(CNC(=O)c2cc(=O)c3cc(Cl)ccc3o2)N2CCCCC2)o1. The first-order valence-electron chi connectivity index (χ1n) is 9.83. The first kappa shape index (κ1) is 19.7. The standard InChI is InChI=1S/C22H23ClN2O4/c1-14-5-7-20(28-14)17(25-9-3-2-4-10-25)13-24-22(27)21-12-18(26)16-11-15(23)6-8-19(16)29-21/h5-8,11-12,17H,2-4,9-10,13H2,1H3,(H,24,27). The Morgan fingerprint density at radius 3 is 2.66 bits per heavy atom. The van der Waals surface area contributed by atoms with Gasteiger partial charge in [0.25, 0.3) is 5.91 Å². The third-order valence-electron chi connectivity index (χ3n) is 5.29. The largest absolute Gasteiger partial charge is 0.465 e. The molecule has 3 heterocycles. The maximum absolute atomic E-state index is 12.7. The first-order chi connectivity index (χ1) is 14.0. The second-order valence-electron chi connectivity index (χ2n) is 7.39. The summed E-state index contributed by atoms with van der Waals surface area (Å²) in [4.78, 5) is 27.4. The van der Waals surface area contributed by atoms with Gasteiger partial charge in [0.2, 0.25) is 0 Å². The van der Waals surface area contributed by atoms with Crippen molar-refractivity contribution in [2.24, 2.45) is 0 Å². The minimum Gasteiger partial charge on any atom is -0.465 e. The zero-order valence-corrected chi connectivity index (χ0v) is 17.0. The minimum absolute atomic E-state index is 0.0159. The van der Waals surface area contributed by atoms with E-state index in [1.54, 1.807) is 12.1 Å². The van der Waals surface area contributed by atoms with Crippen LogP contribution in [0, 0.1) is 6.92 Å². The molecule has 1 unspecified atom stereocenters. The summed E-state index contributed by atoms with van der Waals surface area (Å²) in [6.45, 7) is 4.21. The summed E-state index contributed by atoms with van der Waals surface area (Å²) < 4.78 is 11.5. The number of hydrogen-bond donors (Lipinski definition) is 1. The summed E-state index contributed by atoms with van der Waals surface area (Å²) in [7, 11) is 0. The summed E-state index contributed by atoms with van der Waals surface area (Å²) in [5.74, 6) is 1.23. The fourth-order valence-corrected chi connectivity index (χ4v) is 3.96. The monoisotopic (exact) mass is 414 g/mol. The second-order valence-corrected chi connectivity index (χ2v) is 7.82. The number of piperidine rings is 1. The van der Waals surface area contributed by atoms with Gasteiger partial charge in [-0.3, -0.25) is 14.5 Å². The van der Waals surface area contributed by atoms with Crippen molar-refractivity contribution < 1.29 is 13.6 Å². The van der Waals surface area contributed by atoms with Crippen molar-refractivity contribution in [1.82, 2.24) is 10.2 Å². The lowest BCUT2D eigenvalue weighted by Gasteiger charge is -2.33. The molecule has 1 aliphatic rings. The average molecular weight is 415 g/mol. The Morgan fingerprint density at radius 2 is 1.93 bits per heavy atom. The van der Waals surface area contributed by atoms with Crippen molar-refractivity contribution in [3.8, 4) is 0 Å². The summed E-state index contributed by atoms with van der Waals surface area (Å²) in [5, 5.41) is 3.71. The third kappa shape index (κ3) is 4.38. The first-order valence-corrected chi connectivity index (χ1v) is 10.2. The van der Waals surface area contributed by atoms with Crippen molar-refractivity contribution in [3.63, 3.8) is 0 Å². The van der Waals surface area contributed by atoms with Crippen LogP contribution < -0.4 is 10.7 Å². The van der Waals surface area contributed by atoms with Gasteiger partial charge in [-0.1, -0.05) is 18.0 Å². The molecule has 0 saturated carbocycles. The summed E-state index contributed by atoms with van der Waals surface area (Å²) in [6.07, 6.45) is 3.48. The quantitative estimate of drug-likeness (QED) is 0.673. The summed E-state index contributed by atoms with van der Waals surface area (Å²) >= 11 is 5.94. The lowest BCUT2D eigenvalue weighted by molar-refractivity contribution is 0.0887. The molecule has 0 aliphatic carbocycles. The van der Waals surface area contributed by atoms with Gasteiger partial charge in [-0.2, -0.15) is 0 Å².